The molecule has 0 aliphatic rings. The summed E-state index contributed by atoms with van der Waals surface area (Å²) in [5.74, 6) is -14.5. The molecule has 0 saturated carbocycles. The first kappa shape index (κ1) is 19.9. The number of amides is 1. The zero-order valence-electron chi connectivity index (χ0n) is 13.3. The maximum Gasteiger partial charge on any atom is 0.411 e. The second kappa shape index (κ2) is 8.30. The van der Waals surface area contributed by atoms with Crippen LogP contribution in [0.15, 0.2) is 36.9 Å². The molecule has 0 unspecified atom stereocenters. The zero-order chi connectivity index (χ0) is 20.1. The number of halogens is 5. The fraction of sp³-hybridized carbons (Fsp3) is 0.0588. The molecule has 0 atom stereocenters. The third-order valence-electron chi connectivity index (χ3n) is 3.06. The Bertz CT molecular complexity index is 870. The molecule has 27 heavy (non-hydrogen) atoms. The molecule has 5 nitrogen and oxygen atoms in total. The molecule has 0 aromatic heterocycles. The van der Waals surface area contributed by atoms with Crippen LogP contribution < -0.4 is 10.1 Å². The van der Waals surface area contributed by atoms with Crippen molar-refractivity contribution in [3.05, 3.63) is 71.6 Å². The van der Waals surface area contributed by atoms with E-state index in [-0.39, 0.29) is 17.9 Å². The van der Waals surface area contributed by atoms with Gasteiger partial charge in [0.25, 0.3) is 0 Å². The number of carbonyl (C=O) groups is 2. The molecule has 1 N–H and O–H groups in total. The number of esters is 1. The van der Waals surface area contributed by atoms with Crippen molar-refractivity contribution in [2.24, 2.45) is 0 Å². The second-order valence-corrected chi connectivity index (χ2v) is 4.88. The summed E-state index contributed by atoms with van der Waals surface area (Å²) in [5.41, 5.74) is -0.0687. The Morgan fingerprint density at radius 1 is 0.926 bits per heavy atom. The van der Waals surface area contributed by atoms with E-state index in [1.807, 2.05) is 0 Å². The van der Waals surface area contributed by atoms with Gasteiger partial charge in [0.2, 0.25) is 34.8 Å². The Kier molecular flexibility index (Phi) is 6.11. The first-order valence-corrected chi connectivity index (χ1v) is 7.14. The van der Waals surface area contributed by atoms with Crippen LogP contribution in [0.5, 0.6) is 5.75 Å². The lowest BCUT2D eigenvalue weighted by Gasteiger charge is -2.09. The number of hydrogen-bond donors (Lipinski definition) is 1. The van der Waals surface area contributed by atoms with Crippen LogP contribution >= 0.6 is 0 Å². The van der Waals surface area contributed by atoms with Crippen LogP contribution in [0.3, 0.4) is 0 Å². The van der Waals surface area contributed by atoms with Gasteiger partial charge >= 0.3 is 12.1 Å². The lowest BCUT2D eigenvalue weighted by Crippen LogP contribution is -2.15. The molecule has 0 bridgehead atoms. The maximum atomic E-state index is 13.5. The fourth-order valence-electron chi connectivity index (χ4n) is 1.80. The van der Waals surface area contributed by atoms with Crippen LogP contribution in [0.1, 0.15) is 10.4 Å². The molecule has 0 heterocycles. The Hall–Kier alpha value is -3.43. The Labute approximate surface area is 149 Å². The van der Waals surface area contributed by atoms with E-state index in [2.05, 4.69) is 21.4 Å². The van der Waals surface area contributed by atoms with Crippen molar-refractivity contribution in [1.82, 2.24) is 0 Å². The normalized spacial score (nSPS) is 10.3. The monoisotopic (exact) mass is 387 g/mol. The zero-order valence-corrected chi connectivity index (χ0v) is 13.3. The number of anilines is 1. The molecule has 0 spiro atoms. The summed E-state index contributed by atoms with van der Waals surface area (Å²) in [7, 11) is 0. The molecule has 1 amide bonds. The van der Waals surface area contributed by atoms with Crippen molar-refractivity contribution in [2.75, 3.05) is 11.9 Å². The minimum atomic E-state index is -2.37. The lowest BCUT2D eigenvalue weighted by molar-refractivity contribution is 0.0716. The van der Waals surface area contributed by atoms with Gasteiger partial charge in [-0.3, -0.25) is 5.32 Å². The largest absolute Gasteiger partial charge is 0.445 e. The summed E-state index contributed by atoms with van der Waals surface area (Å²) in [6.45, 7) is 3.33. The van der Waals surface area contributed by atoms with Crippen molar-refractivity contribution in [3.63, 3.8) is 0 Å². The van der Waals surface area contributed by atoms with E-state index >= 15 is 0 Å². The summed E-state index contributed by atoms with van der Waals surface area (Å²) < 4.78 is 75.2. The SMILES string of the molecule is C=CCOC(=O)Nc1ccc(C(=O)Oc2c(F)c(F)c(F)c(F)c2F)cc1. The lowest BCUT2D eigenvalue weighted by atomic mass is 10.2. The average Bonchev–Trinajstić information content (AvgIpc) is 2.67. The Balaban J connectivity index is 2.16. The van der Waals surface area contributed by atoms with Gasteiger partial charge in [0, 0.05) is 5.69 Å². The smallest absolute Gasteiger partial charge is 0.411 e. The minimum absolute atomic E-state index is 0.0296. The Morgan fingerprint density at radius 3 is 1.96 bits per heavy atom. The quantitative estimate of drug-likeness (QED) is 0.207. The van der Waals surface area contributed by atoms with E-state index in [9.17, 15) is 31.5 Å². The molecule has 142 valence electrons. The maximum absolute atomic E-state index is 13.5. The highest BCUT2D eigenvalue weighted by Gasteiger charge is 2.28. The summed E-state index contributed by atoms with van der Waals surface area (Å²) in [6.07, 6.45) is 0.546. The van der Waals surface area contributed by atoms with E-state index < -0.39 is 46.9 Å². The topological polar surface area (TPSA) is 64.6 Å². The number of nitrogens with one attached hydrogen (secondary N) is 1. The molecular weight excluding hydrogens is 377 g/mol. The van der Waals surface area contributed by atoms with Gasteiger partial charge in [-0.15, -0.1) is 0 Å². The Morgan fingerprint density at radius 2 is 1.44 bits per heavy atom. The van der Waals surface area contributed by atoms with Crippen LogP contribution in [-0.2, 0) is 4.74 Å². The molecule has 0 radical (unpaired) electrons. The van der Waals surface area contributed by atoms with Gasteiger partial charge in [-0.25, -0.2) is 22.8 Å². The van der Waals surface area contributed by atoms with E-state index in [0.717, 1.165) is 12.1 Å². The van der Waals surface area contributed by atoms with Crippen molar-refractivity contribution in [2.45, 2.75) is 0 Å². The molecule has 0 aliphatic carbocycles. The molecular formula is C17H10F5NO4. The summed E-state index contributed by atoms with van der Waals surface area (Å²) in [6, 6.07) is 4.64. The summed E-state index contributed by atoms with van der Waals surface area (Å²) in [4.78, 5) is 23.2. The van der Waals surface area contributed by atoms with Gasteiger partial charge in [-0.2, -0.15) is 8.78 Å². The second-order valence-electron chi connectivity index (χ2n) is 4.88. The predicted octanol–water partition coefficient (Wildman–Crippen LogP) is 4.34. The number of carbonyl (C=O) groups excluding carboxylic acids is 2. The third kappa shape index (κ3) is 4.40. The number of rotatable bonds is 5. The summed E-state index contributed by atoms with van der Waals surface area (Å²) in [5, 5.41) is 2.31. The number of ether oxygens (including phenoxy) is 2. The van der Waals surface area contributed by atoms with E-state index in [1.165, 1.54) is 18.2 Å². The van der Waals surface area contributed by atoms with Crippen molar-refractivity contribution in [1.29, 1.82) is 0 Å². The molecule has 2 rings (SSSR count). The highest BCUT2D eigenvalue weighted by Crippen LogP contribution is 2.29. The van der Waals surface area contributed by atoms with Crippen molar-refractivity contribution >= 4 is 17.7 Å². The van der Waals surface area contributed by atoms with Crippen molar-refractivity contribution < 1.29 is 41.0 Å². The van der Waals surface area contributed by atoms with E-state index in [1.54, 1.807) is 0 Å². The average molecular weight is 387 g/mol. The highest BCUT2D eigenvalue weighted by atomic mass is 19.2. The molecule has 2 aromatic rings. The van der Waals surface area contributed by atoms with Crippen LogP contribution in [0.25, 0.3) is 0 Å². The molecule has 0 fully saturated rings. The number of hydrogen-bond acceptors (Lipinski definition) is 4. The van der Waals surface area contributed by atoms with Crippen LogP contribution in [-0.4, -0.2) is 18.7 Å². The van der Waals surface area contributed by atoms with Gasteiger partial charge in [-0.05, 0) is 24.3 Å². The number of benzene rings is 2. The molecule has 2 aromatic carbocycles. The van der Waals surface area contributed by atoms with E-state index in [0.29, 0.717) is 0 Å². The van der Waals surface area contributed by atoms with Crippen molar-refractivity contribution in [3.8, 4) is 5.75 Å². The molecule has 10 heteroatoms. The standard InChI is InChI=1S/C17H10F5NO4/c1-2-7-26-17(25)23-9-5-3-8(4-6-9)16(24)27-15-13(21)11(19)10(18)12(20)14(15)22/h2-6H,1,7H2,(H,23,25). The van der Waals surface area contributed by atoms with Gasteiger partial charge in [0.05, 0.1) is 5.56 Å². The third-order valence-corrected chi connectivity index (χ3v) is 3.06. The first-order chi connectivity index (χ1) is 12.8. The minimum Gasteiger partial charge on any atom is -0.445 e. The van der Waals surface area contributed by atoms with Gasteiger partial charge in [-0.1, -0.05) is 12.7 Å². The molecule has 0 aliphatic heterocycles. The first-order valence-electron chi connectivity index (χ1n) is 7.14. The van der Waals surface area contributed by atoms with Crippen LogP contribution in [0.2, 0.25) is 0 Å². The van der Waals surface area contributed by atoms with Gasteiger partial charge in [0.1, 0.15) is 6.61 Å². The van der Waals surface area contributed by atoms with E-state index in [4.69, 9.17) is 0 Å². The molecule has 0 saturated heterocycles. The van der Waals surface area contributed by atoms with Gasteiger partial charge < -0.3 is 9.47 Å². The fourth-order valence-corrected chi connectivity index (χ4v) is 1.80. The highest BCUT2D eigenvalue weighted by molar-refractivity contribution is 5.92. The van der Waals surface area contributed by atoms with Crippen LogP contribution in [0.4, 0.5) is 32.4 Å². The predicted molar refractivity (Wildman–Crippen MR) is 82.8 cm³/mol. The van der Waals surface area contributed by atoms with Gasteiger partial charge in [0.15, 0.2) is 0 Å². The summed E-state index contributed by atoms with van der Waals surface area (Å²) >= 11 is 0. The van der Waals surface area contributed by atoms with Crippen LogP contribution in [0, 0.1) is 29.1 Å².